The van der Waals surface area contributed by atoms with Gasteiger partial charge in [0.05, 0.1) is 17.3 Å². The number of sulfonamides is 1. The Hall–Kier alpha value is -0.980. The van der Waals surface area contributed by atoms with E-state index >= 15 is 0 Å². The first-order chi connectivity index (χ1) is 9.83. The van der Waals surface area contributed by atoms with Crippen LogP contribution in [-0.2, 0) is 16.6 Å². The molecule has 0 atom stereocenters. The molecule has 0 radical (unpaired) electrons. The summed E-state index contributed by atoms with van der Waals surface area (Å²) in [7, 11) is -3.95. The molecule has 0 bridgehead atoms. The number of benzene rings is 2. The Morgan fingerprint density at radius 1 is 1.05 bits per heavy atom. The van der Waals surface area contributed by atoms with Gasteiger partial charge in [0, 0.05) is 10.0 Å². The Kier molecular flexibility index (Phi) is 5.01. The van der Waals surface area contributed by atoms with Gasteiger partial charge in [0.25, 0.3) is 10.0 Å². The van der Waals surface area contributed by atoms with Gasteiger partial charge in [-0.1, -0.05) is 40.9 Å². The minimum absolute atomic E-state index is 0.0728. The van der Waals surface area contributed by atoms with E-state index in [1.807, 2.05) is 0 Å². The van der Waals surface area contributed by atoms with Gasteiger partial charge in [0.15, 0.2) is 0 Å². The number of aliphatic hydroxyl groups is 1. The summed E-state index contributed by atoms with van der Waals surface area (Å²) < 4.78 is 27.1. The highest BCUT2D eigenvalue weighted by atomic mass is 35.5. The summed E-state index contributed by atoms with van der Waals surface area (Å²) in [6.45, 7) is -0.418. The molecule has 0 spiro atoms. The van der Waals surface area contributed by atoms with Crippen LogP contribution in [0, 0.1) is 0 Å². The second-order valence-corrected chi connectivity index (χ2v) is 7.05. The van der Waals surface area contributed by atoms with Crippen LogP contribution in [0.15, 0.2) is 41.3 Å². The van der Waals surface area contributed by atoms with E-state index in [1.165, 1.54) is 18.2 Å². The van der Waals surface area contributed by atoms with Crippen LogP contribution >= 0.6 is 34.8 Å². The fourth-order valence-corrected chi connectivity index (χ4v) is 3.86. The third-order valence-electron chi connectivity index (χ3n) is 2.62. The van der Waals surface area contributed by atoms with Crippen molar-refractivity contribution < 1.29 is 13.5 Å². The van der Waals surface area contributed by atoms with Crippen LogP contribution in [-0.4, -0.2) is 13.5 Å². The molecule has 0 aliphatic heterocycles. The maximum absolute atomic E-state index is 12.4. The van der Waals surface area contributed by atoms with Gasteiger partial charge in [0.2, 0.25) is 0 Å². The summed E-state index contributed by atoms with van der Waals surface area (Å²) >= 11 is 17.7. The number of aliphatic hydroxyl groups excluding tert-OH is 1. The van der Waals surface area contributed by atoms with Crippen molar-refractivity contribution in [1.82, 2.24) is 0 Å². The zero-order valence-corrected chi connectivity index (χ0v) is 13.6. The molecular weight excluding hydrogens is 357 g/mol. The van der Waals surface area contributed by atoms with Crippen molar-refractivity contribution >= 4 is 50.5 Å². The van der Waals surface area contributed by atoms with E-state index in [0.29, 0.717) is 10.7 Å². The normalized spacial score (nSPS) is 11.4. The molecule has 0 saturated heterocycles. The molecule has 0 fully saturated rings. The van der Waals surface area contributed by atoms with Gasteiger partial charge >= 0.3 is 0 Å². The lowest BCUT2D eigenvalue weighted by Gasteiger charge is -2.12. The highest BCUT2D eigenvalue weighted by Gasteiger charge is 2.21. The monoisotopic (exact) mass is 365 g/mol. The molecule has 0 aliphatic carbocycles. The molecule has 4 nitrogen and oxygen atoms in total. The molecule has 2 aromatic carbocycles. The molecule has 8 heteroatoms. The maximum atomic E-state index is 12.4. The molecular formula is C13H10Cl3NO3S. The Morgan fingerprint density at radius 3 is 2.38 bits per heavy atom. The molecule has 2 rings (SSSR count). The number of nitrogens with one attached hydrogen (secondary N) is 1. The Balaban J connectivity index is 2.47. The molecule has 0 saturated carbocycles. The van der Waals surface area contributed by atoms with Gasteiger partial charge in [-0.3, -0.25) is 4.72 Å². The first-order valence-corrected chi connectivity index (χ1v) is 8.32. The number of anilines is 1. The smallest absolute Gasteiger partial charge is 0.263 e. The van der Waals surface area contributed by atoms with Gasteiger partial charge in [-0.2, -0.15) is 0 Å². The molecule has 112 valence electrons. The topological polar surface area (TPSA) is 66.4 Å². The van der Waals surface area contributed by atoms with E-state index in [1.54, 1.807) is 18.2 Å². The van der Waals surface area contributed by atoms with Gasteiger partial charge in [0.1, 0.15) is 4.90 Å². The maximum Gasteiger partial charge on any atom is 0.263 e. The summed E-state index contributed by atoms with van der Waals surface area (Å²) in [4.78, 5) is -0.208. The Morgan fingerprint density at radius 2 is 1.76 bits per heavy atom. The first-order valence-electron chi connectivity index (χ1n) is 5.70. The zero-order chi connectivity index (χ0) is 15.6. The minimum atomic E-state index is -3.95. The first kappa shape index (κ1) is 16.4. The largest absolute Gasteiger partial charge is 0.392 e. The second-order valence-electron chi connectivity index (χ2n) is 4.15. The highest BCUT2D eigenvalue weighted by Crippen LogP contribution is 2.31. The Labute approximate surface area is 137 Å². The highest BCUT2D eigenvalue weighted by molar-refractivity contribution is 7.92. The fraction of sp³-hybridized carbons (Fsp3) is 0.0769. The van der Waals surface area contributed by atoms with E-state index < -0.39 is 16.6 Å². The van der Waals surface area contributed by atoms with Crippen LogP contribution in [0.25, 0.3) is 0 Å². The average molecular weight is 367 g/mol. The number of rotatable bonds is 4. The lowest BCUT2D eigenvalue weighted by Crippen LogP contribution is -2.14. The van der Waals surface area contributed by atoms with E-state index in [0.717, 1.165) is 0 Å². The van der Waals surface area contributed by atoms with Crippen LogP contribution in [0.5, 0.6) is 0 Å². The third kappa shape index (κ3) is 3.81. The molecule has 0 amide bonds. The van der Waals surface area contributed by atoms with Crippen molar-refractivity contribution in [3.63, 3.8) is 0 Å². The van der Waals surface area contributed by atoms with E-state index in [2.05, 4.69) is 4.72 Å². The van der Waals surface area contributed by atoms with Crippen molar-refractivity contribution in [3.05, 3.63) is 57.0 Å². The third-order valence-corrected chi connectivity index (χ3v) is 5.03. The van der Waals surface area contributed by atoms with Crippen molar-refractivity contribution in [2.45, 2.75) is 11.5 Å². The number of hydrogen-bond donors (Lipinski definition) is 2. The van der Waals surface area contributed by atoms with Crippen LogP contribution in [0.2, 0.25) is 15.1 Å². The van der Waals surface area contributed by atoms with Crippen LogP contribution < -0.4 is 4.72 Å². The predicted molar refractivity (Wildman–Crippen MR) is 84.6 cm³/mol. The lowest BCUT2D eigenvalue weighted by atomic mass is 10.2. The van der Waals surface area contributed by atoms with Crippen LogP contribution in [0.4, 0.5) is 5.69 Å². The van der Waals surface area contributed by atoms with Gasteiger partial charge in [-0.05, 0) is 35.9 Å². The summed E-state index contributed by atoms with van der Waals surface area (Å²) in [6.07, 6.45) is 0. The summed E-state index contributed by atoms with van der Waals surface area (Å²) in [5, 5.41) is 9.66. The van der Waals surface area contributed by atoms with Gasteiger partial charge in [-0.25, -0.2) is 8.42 Å². The van der Waals surface area contributed by atoms with E-state index in [4.69, 9.17) is 34.8 Å². The lowest BCUT2D eigenvalue weighted by molar-refractivity contribution is 0.281. The summed E-state index contributed by atoms with van der Waals surface area (Å²) in [5.41, 5.74) is 0.528. The fourth-order valence-electron chi connectivity index (χ4n) is 1.69. The second kappa shape index (κ2) is 6.42. The quantitative estimate of drug-likeness (QED) is 0.861. The molecule has 0 unspecified atom stereocenters. The van der Waals surface area contributed by atoms with Gasteiger partial charge < -0.3 is 5.11 Å². The van der Waals surface area contributed by atoms with Crippen molar-refractivity contribution in [2.24, 2.45) is 0 Å². The SMILES string of the molecule is O=S(=O)(Nc1cccc(Cl)c1)c1cc(Cl)cc(CO)c1Cl. The van der Waals surface area contributed by atoms with Gasteiger partial charge in [-0.15, -0.1) is 0 Å². The van der Waals surface area contributed by atoms with Crippen LogP contribution in [0.3, 0.4) is 0 Å². The van der Waals surface area contributed by atoms with E-state index in [-0.39, 0.29) is 20.5 Å². The van der Waals surface area contributed by atoms with Crippen molar-refractivity contribution in [3.8, 4) is 0 Å². The van der Waals surface area contributed by atoms with E-state index in [9.17, 15) is 13.5 Å². The average Bonchev–Trinajstić information content (AvgIpc) is 2.40. The summed E-state index contributed by atoms with van der Waals surface area (Å²) in [6, 6.07) is 8.87. The standard InChI is InChI=1S/C13H10Cl3NO3S/c14-9-2-1-3-11(5-9)17-21(19,20)12-6-10(15)4-8(7-18)13(12)16/h1-6,17-18H,7H2. The Bertz CT molecular complexity index is 778. The molecule has 21 heavy (non-hydrogen) atoms. The summed E-state index contributed by atoms with van der Waals surface area (Å²) in [5.74, 6) is 0. The molecule has 2 aromatic rings. The van der Waals surface area contributed by atoms with Crippen molar-refractivity contribution in [1.29, 1.82) is 0 Å². The molecule has 0 heterocycles. The number of halogens is 3. The number of hydrogen-bond acceptors (Lipinski definition) is 3. The van der Waals surface area contributed by atoms with Crippen molar-refractivity contribution in [2.75, 3.05) is 4.72 Å². The molecule has 2 N–H and O–H groups in total. The molecule has 0 aromatic heterocycles. The van der Waals surface area contributed by atoms with Crippen LogP contribution in [0.1, 0.15) is 5.56 Å². The predicted octanol–water partition coefficient (Wildman–Crippen LogP) is 3.94. The molecule has 0 aliphatic rings. The minimum Gasteiger partial charge on any atom is -0.392 e. The zero-order valence-electron chi connectivity index (χ0n) is 10.5.